The lowest BCUT2D eigenvalue weighted by Gasteiger charge is -2.44. The van der Waals surface area contributed by atoms with Crippen molar-refractivity contribution in [2.75, 3.05) is 26.8 Å². The van der Waals surface area contributed by atoms with E-state index in [0.717, 1.165) is 23.8 Å². The van der Waals surface area contributed by atoms with Gasteiger partial charge in [0.15, 0.2) is 11.6 Å². The van der Waals surface area contributed by atoms with Crippen LogP contribution in [0.25, 0.3) is 0 Å². The molecule has 1 atom stereocenters. The van der Waals surface area contributed by atoms with E-state index in [-0.39, 0.29) is 23.5 Å². The molecule has 6 heteroatoms. The second-order valence-electron chi connectivity index (χ2n) is 7.02. The van der Waals surface area contributed by atoms with Crippen LogP contribution in [-0.2, 0) is 16.0 Å². The van der Waals surface area contributed by atoms with Gasteiger partial charge in [0.2, 0.25) is 0 Å². The molecule has 1 fully saturated rings. The van der Waals surface area contributed by atoms with Crippen LogP contribution in [0.1, 0.15) is 16.7 Å². The van der Waals surface area contributed by atoms with Gasteiger partial charge in [-0.15, -0.1) is 0 Å². The summed E-state index contributed by atoms with van der Waals surface area (Å²) in [6.07, 6.45) is 0.829. The number of nitrogens with zero attached hydrogens (tertiary/aromatic N) is 1. The monoisotopic (exact) mass is 383 g/mol. The Hall–Kier alpha value is -2.91. The molecule has 2 aromatic carbocycles. The summed E-state index contributed by atoms with van der Waals surface area (Å²) in [6, 6.07) is 9.79. The Labute approximate surface area is 162 Å². The van der Waals surface area contributed by atoms with Gasteiger partial charge in [-0.05, 0) is 36.2 Å². The maximum Gasteiger partial charge on any atom is 0.311 e. The summed E-state index contributed by atoms with van der Waals surface area (Å²) in [5.74, 6) is 4.23. The lowest BCUT2D eigenvalue weighted by atomic mass is 9.93. The fourth-order valence-corrected chi connectivity index (χ4v) is 3.53. The van der Waals surface area contributed by atoms with Gasteiger partial charge in [-0.2, -0.15) is 0 Å². The third-order valence-corrected chi connectivity index (χ3v) is 5.21. The number of hydrogen-bond acceptors (Lipinski definition) is 4. The number of esters is 1. The van der Waals surface area contributed by atoms with Crippen molar-refractivity contribution in [2.24, 2.45) is 5.92 Å². The molecule has 2 aliphatic heterocycles. The molecule has 1 saturated heterocycles. The second kappa shape index (κ2) is 7.61. The summed E-state index contributed by atoms with van der Waals surface area (Å²) in [5.41, 5.74) is 1.77. The Morgan fingerprint density at radius 3 is 2.82 bits per heavy atom. The predicted octanol–water partition coefficient (Wildman–Crippen LogP) is 2.77. The lowest BCUT2D eigenvalue weighted by Crippen LogP contribution is -2.57. The number of hydrogen-bond donors (Lipinski definition) is 0. The van der Waals surface area contributed by atoms with Gasteiger partial charge < -0.3 is 9.47 Å². The molecule has 0 bridgehead atoms. The van der Waals surface area contributed by atoms with Gasteiger partial charge in [-0.1, -0.05) is 24.0 Å². The Bertz CT molecular complexity index is 973. The Morgan fingerprint density at radius 2 is 2.04 bits per heavy atom. The number of ether oxygens (including phenoxy) is 2. The highest BCUT2D eigenvalue weighted by Gasteiger charge is 2.38. The van der Waals surface area contributed by atoms with Gasteiger partial charge in [0.05, 0.1) is 18.6 Å². The van der Waals surface area contributed by atoms with Crippen LogP contribution in [0.3, 0.4) is 0 Å². The molecular formula is C22H19F2NO3. The molecule has 0 saturated carbocycles. The van der Waals surface area contributed by atoms with Gasteiger partial charge in [0, 0.05) is 24.7 Å². The van der Waals surface area contributed by atoms with Crippen LogP contribution in [0.15, 0.2) is 36.4 Å². The zero-order valence-corrected chi connectivity index (χ0v) is 15.4. The van der Waals surface area contributed by atoms with E-state index in [9.17, 15) is 13.6 Å². The molecule has 28 heavy (non-hydrogen) atoms. The van der Waals surface area contributed by atoms with Crippen molar-refractivity contribution in [2.45, 2.75) is 12.5 Å². The third kappa shape index (κ3) is 3.58. The van der Waals surface area contributed by atoms with Gasteiger partial charge in [-0.25, -0.2) is 8.78 Å². The number of carbonyl (C=O) groups is 1. The first-order valence-corrected chi connectivity index (χ1v) is 9.09. The van der Waals surface area contributed by atoms with E-state index >= 15 is 0 Å². The van der Waals surface area contributed by atoms with Crippen molar-refractivity contribution in [1.29, 1.82) is 0 Å². The zero-order valence-electron chi connectivity index (χ0n) is 15.4. The van der Waals surface area contributed by atoms with E-state index in [0.29, 0.717) is 25.3 Å². The second-order valence-corrected chi connectivity index (χ2v) is 7.02. The van der Waals surface area contributed by atoms with Crippen LogP contribution in [0.5, 0.6) is 5.75 Å². The van der Waals surface area contributed by atoms with Crippen LogP contribution in [0, 0.1) is 29.4 Å². The first kappa shape index (κ1) is 18.5. The smallest absolute Gasteiger partial charge is 0.311 e. The molecule has 4 nitrogen and oxygen atoms in total. The van der Waals surface area contributed by atoms with E-state index in [1.54, 1.807) is 0 Å². The van der Waals surface area contributed by atoms with E-state index in [2.05, 4.69) is 16.7 Å². The van der Waals surface area contributed by atoms with Crippen molar-refractivity contribution in [3.63, 3.8) is 0 Å². The molecule has 0 aromatic heterocycles. The van der Waals surface area contributed by atoms with Crippen molar-refractivity contribution >= 4 is 5.97 Å². The topological polar surface area (TPSA) is 38.8 Å². The number of methoxy groups -OCH3 is 1. The first-order valence-electron chi connectivity index (χ1n) is 9.09. The molecule has 2 heterocycles. The van der Waals surface area contributed by atoms with Crippen LogP contribution in [-0.4, -0.2) is 43.7 Å². The quantitative estimate of drug-likeness (QED) is 0.591. The fourth-order valence-electron chi connectivity index (χ4n) is 3.53. The van der Waals surface area contributed by atoms with Crippen LogP contribution in [0.4, 0.5) is 8.78 Å². The van der Waals surface area contributed by atoms with Crippen molar-refractivity contribution in [3.05, 3.63) is 64.7 Å². The zero-order chi connectivity index (χ0) is 19.7. The molecule has 1 unspecified atom stereocenters. The molecule has 4 rings (SSSR count). The third-order valence-electron chi connectivity index (χ3n) is 5.21. The Morgan fingerprint density at radius 1 is 1.21 bits per heavy atom. The van der Waals surface area contributed by atoms with Crippen molar-refractivity contribution in [1.82, 2.24) is 4.90 Å². The molecule has 2 aliphatic rings. The average Bonchev–Trinajstić information content (AvgIpc) is 2.67. The van der Waals surface area contributed by atoms with E-state index < -0.39 is 11.6 Å². The maximum absolute atomic E-state index is 13.7. The van der Waals surface area contributed by atoms with Gasteiger partial charge >= 0.3 is 5.97 Å². The predicted molar refractivity (Wildman–Crippen MR) is 98.8 cm³/mol. The lowest BCUT2D eigenvalue weighted by molar-refractivity contribution is -0.153. The minimum atomic E-state index is -0.938. The minimum Gasteiger partial charge on any atom is -0.492 e. The molecular weight excluding hydrogens is 364 g/mol. The highest BCUT2D eigenvalue weighted by Crippen LogP contribution is 2.30. The largest absolute Gasteiger partial charge is 0.492 e. The fraction of sp³-hybridized carbons (Fsp3) is 0.318. The normalized spacial score (nSPS) is 18.9. The maximum atomic E-state index is 13.7. The van der Waals surface area contributed by atoms with E-state index in [4.69, 9.17) is 9.47 Å². The van der Waals surface area contributed by atoms with Crippen molar-refractivity contribution in [3.8, 4) is 17.6 Å². The molecule has 0 spiro atoms. The molecule has 0 amide bonds. The number of benzene rings is 2. The summed E-state index contributed by atoms with van der Waals surface area (Å²) in [4.78, 5) is 13.8. The van der Waals surface area contributed by atoms with Gasteiger partial charge in [0.1, 0.15) is 12.4 Å². The first-order chi connectivity index (χ1) is 13.5. The van der Waals surface area contributed by atoms with Gasteiger partial charge in [0.25, 0.3) is 0 Å². The van der Waals surface area contributed by atoms with Gasteiger partial charge in [-0.3, -0.25) is 9.69 Å². The van der Waals surface area contributed by atoms with Crippen LogP contribution in [0.2, 0.25) is 0 Å². The van der Waals surface area contributed by atoms with Crippen LogP contribution < -0.4 is 4.74 Å². The number of fused-ring (bicyclic) bond motifs is 1. The molecule has 2 aromatic rings. The number of halogens is 2. The number of likely N-dealkylation sites (tertiary alicyclic amines) is 1. The Kier molecular flexibility index (Phi) is 5.01. The average molecular weight is 383 g/mol. The Balaban J connectivity index is 1.43. The van der Waals surface area contributed by atoms with Crippen molar-refractivity contribution < 1.29 is 23.0 Å². The summed E-state index contributed by atoms with van der Waals surface area (Å²) >= 11 is 0. The number of rotatable bonds is 2. The highest BCUT2D eigenvalue weighted by molar-refractivity contribution is 5.73. The molecule has 144 valence electrons. The number of carbonyl (C=O) groups excluding carboxylic acids is 1. The van der Waals surface area contributed by atoms with E-state index in [1.165, 1.54) is 19.2 Å². The SMILES string of the molecule is COC(=O)C1CN(C2COc3cc(C#Cc4cccc(F)c4F)ccc3C2)C1. The standard InChI is InChI=1S/C22H19F2NO3/c1-27-22(26)17-11-25(12-17)18-10-16-8-6-14(9-20(16)28-13-18)5-7-15-3-2-4-19(23)21(15)24/h2-4,6,8-9,17-18H,10-13H2,1H3. The minimum absolute atomic E-state index is 0.0247. The summed E-state index contributed by atoms with van der Waals surface area (Å²) in [5, 5.41) is 0. The summed E-state index contributed by atoms with van der Waals surface area (Å²) < 4.78 is 37.6. The molecule has 0 N–H and O–H groups in total. The van der Waals surface area contributed by atoms with E-state index in [1.807, 2.05) is 18.2 Å². The highest BCUT2D eigenvalue weighted by atomic mass is 19.2. The van der Waals surface area contributed by atoms with Crippen LogP contribution >= 0.6 is 0 Å². The summed E-state index contributed by atoms with van der Waals surface area (Å²) in [7, 11) is 1.41. The molecule has 0 radical (unpaired) electrons. The molecule has 0 aliphatic carbocycles. The summed E-state index contributed by atoms with van der Waals surface area (Å²) in [6.45, 7) is 1.92.